The lowest BCUT2D eigenvalue weighted by Crippen LogP contribution is -2.40. The maximum absolute atomic E-state index is 12.9. The van der Waals surface area contributed by atoms with Crippen LogP contribution in [0.15, 0.2) is 39.9 Å². The van der Waals surface area contributed by atoms with Crippen LogP contribution in [-0.2, 0) is 24.2 Å². The molecule has 0 aliphatic heterocycles. The van der Waals surface area contributed by atoms with E-state index < -0.39 is 17.2 Å². The molecule has 8 heteroatoms. The summed E-state index contributed by atoms with van der Waals surface area (Å²) in [5.41, 5.74) is 0.560. The summed E-state index contributed by atoms with van der Waals surface area (Å²) in [5, 5.41) is 9.58. The second-order valence-corrected chi connectivity index (χ2v) is 7.08. The number of methoxy groups -OCH3 is 1. The highest BCUT2D eigenvalue weighted by Crippen LogP contribution is 2.28. The maximum Gasteiger partial charge on any atom is 0.348 e. The molecule has 0 amide bonds. The third-order valence-corrected chi connectivity index (χ3v) is 5.75. The Morgan fingerprint density at radius 3 is 2.48 bits per heavy atom. The van der Waals surface area contributed by atoms with Crippen LogP contribution in [0.2, 0.25) is 0 Å². The first-order valence-corrected chi connectivity index (χ1v) is 9.31. The first-order chi connectivity index (χ1) is 13.0. The van der Waals surface area contributed by atoms with Crippen molar-refractivity contribution in [3.05, 3.63) is 67.2 Å². The van der Waals surface area contributed by atoms with E-state index in [2.05, 4.69) is 0 Å². The Kier molecular flexibility index (Phi) is 5.57. The van der Waals surface area contributed by atoms with Crippen molar-refractivity contribution in [2.45, 2.75) is 26.4 Å². The van der Waals surface area contributed by atoms with Gasteiger partial charge >= 0.3 is 11.7 Å². The molecule has 27 heavy (non-hydrogen) atoms. The van der Waals surface area contributed by atoms with E-state index in [1.54, 1.807) is 6.92 Å². The zero-order chi connectivity index (χ0) is 19.6. The molecule has 0 bridgehead atoms. The Bertz CT molecular complexity index is 1100. The maximum atomic E-state index is 12.9. The van der Waals surface area contributed by atoms with Crippen molar-refractivity contribution >= 4 is 27.5 Å². The van der Waals surface area contributed by atoms with Gasteiger partial charge in [-0.05, 0) is 24.5 Å². The summed E-state index contributed by atoms with van der Waals surface area (Å²) in [4.78, 5) is 38.5. The van der Waals surface area contributed by atoms with Gasteiger partial charge in [0.15, 0.2) is 0 Å². The molecule has 0 radical (unpaired) electrons. The highest BCUT2D eigenvalue weighted by Gasteiger charge is 2.23. The quantitative estimate of drug-likeness (QED) is 0.647. The molecule has 142 valence electrons. The summed E-state index contributed by atoms with van der Waals surface area (Å²) in [5.74, 6) is -0.538. The Balaban J connectivity index is 2.22. The number of hydrogen-bond donors (Lipinski definition) is 1. The fourth-order valence-corrected chi connectivity index (χ4v) is 4.30. The highest BCUT2D eigenvalue weighted by molar-refractivity contribution is 7.20. The van der Waals surface area contributed by atoms with E-state index in [1.165, 1.54) is 11.7 Å². The molecule has 2 heterocycles. The molecule has 0 fully saturated rings. The zero-order valence-electron chi connectivity index (χ0n) is 15.1. The number of carbonyl (C=O) groups excluding carboxylic acids is 1. The van der Waals surface area contributed by atoms with E-state index in [4.69, 9.17) is 4.74 Å². The molecule has 0 aliphatic rings. The van der Waals surface area contributed by atoms with Gasteiger partial charge in [-0.15, -0.1) is 11.3 Å². The molecular formula is C19H20N2O5S. The number of aryl methyl sites for hydroxylation is 3. The van der Waals surface area contributed by atoms with Gasteiger partial charge < -0.3 is 9.84 Å². The number of aliphatic hydroxyl groups excluding tert-OH is 1. The number of carbonyl (C=O) groups is 1. The number of rotatable bonds is 6. The fourth-order valence-electron chi connectivity index (χ4n) is 3.06. The van der Waals surface area contributed by atoms with Crippen LogP contribution in [0.1, 0.15) is 20.8 Å². The van der Waals surface area contributed by atoms with Gasteiger partial charge in [0.2, 0.25) is 0 Å². The van der Waals surface area contributed by atoms with E-state index in [9.17, 15) is 19.5 Å². The molecule has 3 aromatic rings. The predicted octanol–water partition coefficient (Wildman–Crippen LogP) is 1.55. The smallest absolute Gasteiger partial charge is 0.348 e. The molecule has 0 aliphatic carbocycles. The SMILES string of the molecule is COC(=O)c1sc2c(c1C)c(=O)n(CCO)c(=O)n2CCc1ccccc1. The Labute approximate surface area is 159 Å². The number of aliphatic hydroxyl groups is 1. The van der Waals surface area contributed by atoms with Gasteiger partial charge in [0.1, 0.15) is 9.71 Å². The third-order valence-electron chi connectivity index (χ3n) is 4.46. The Morgan fingerprint density at radius 2 is 1.85 bits per heavy atom. The number of hydrogen-bond acceptors (Lipinski definition) is 6. The normalized spacial score (nSPS) is 11.1. The second kappa shape index (κ2) is 7.89. The van der Waals surface area contributed by atoms with Gasteiger partial charge in [-0.25, -0.2) is 9.59 Å². The van der Waals surface area contributed by atoms with Crippen LogP contribution in [-0.4, -0.2) is 33.9 Å². The summed E-state index contributed by atoms with van der Waals surface area (Å²) in [6.07, 6.45) is 0.595. The van der Waals surface area contributed by atoms with Crippen LogP contribution in [0, 0.1) is 6.92 Å². The first kappa shape index (κ1) is 19.1. The molecule has 1 N–H and O–H groups in total. The standard InChI is InChI=1S/C19H20N2O5S/c1-12-14-16(23)20(10-11-22)19(25)21(9-8-13-6-4-3-5-7-13)17(14)27-15(12)18(24)26-2/h3-7,22H,8-11H2,1-2H3. The van der Waals surface area contributed by atoms with Crippen molar-refractivity contribution in [3.63, 3.8) is 0 Å². The highest BCUT2D eigenvalue weighted by atomic mass is 32.1. The fraction of sp³-hybridized carbons (Fsp3) is 0.316. The van der Waals surface area contributed by atoms with Gasteiger partial charge in [-0.3, -0.25) is 13.9 Å². The van der Waals surface area contributed by atoms with Crippen molar-refractivity contribution in [1.82, 2.24) is 9.13 Å². The summed E-state index contributed by atoms with van der Waals surface area (Å²) in [7, 11) is 1.28. The minimum Gasteiger partial charge on any atom is -0.465 e. The molecule has 0 atom stereocenters. The topological polar surface area (TPSA) is 90.5 Å². The Hall–Kier alpha value is -2.71. The average Bonchev–Trinajstić information content (AvgIpc) is 3.02. The molecule has 0 saturated heterocycles. The molecule has 2 aromatic heterocycles. The molecule has 7 nitrogen and oxygen atoms in total. The Morgan fingerprint density at radius 1 is 1.15 bits per heavy atom. The molecule has 0 unspecified atom stereocenters. The number of fused-ring (bicyclic) bond motifs is 1. The van der Waals surface area contributed by atoms with Crippen LogP contribution in [0.25, 0.3) is 10.2 Å². The predicted molar refractivity (Wildman–Crippen MR) is 104 cm³/mol. The van der Waals surface area contributed by atoms with Gasteiger partial charge in [-0.1, -0.05) is 30.3 Å². The van der Waals surface area contributed by atoms with Crippen LogP contribution in [0.4, 0.5) is 0 Å². The lowest BCUT2D eigenvalue weighted by Gasteiger charge is -2.11. The van der Waals surface area contributed by atoms with Crippen molar-refractivity contribution in [2.24, 2.45) is 0 Å². The number of aromatic nitrogens is 2. The van der Waals surface area contributed by atoms with E-state index in [0.717, 1.165) is 21.5 Å². The van der Waals surface area contributed by atoms with Crippen LogP contribution in [0.5, 0.6) is 0 Å². The first-order valence-electron chi connectivity index (χ1n) is 8.49. The second-order valence-electron chi connectivity index (χ2n) is 6.08. The van der Waals surface area contributed by atoms with Crippen LogP contribution in [0.3, 0.4) is 0 Å². The van der Waals surface area contributed by atoms with Crippen LogP contribution < -0.4 is 11.2 Å². The molecule has 3 rings (SSSR count). The monoisotopic (exact) mass is 388 g/mol. The zero-order valence-corrected chi connectivity index (χ0v) is 15.9. The van der Waals surface area contributed by atoms with Gasteiger partial charge in [-0.2, -0.15) is 0 Å². The van der Waals surface area contributed by atoms with Crippen molar-refractivity contribution in [1.29, 1.82) is 0 Å². The minimum absolute atomic E-state index is 0.0954. The molecule has 0 spiro atoms. The van der Waals surface area contributed by atoms with Crippen LogP contribution >= 0.6 is 11.3 Å². The summed E-state index contributed by atoms with van der Waals surface area (Å²) in [6, 6.07) is 9.69. The van der Waals surface area contributed by atoms with Gasteiger partial charge in [0.05, 0.1) is 25.6 Å². The average molecular weight is 388 g/mol. The summed E-state index contributed by atoms with van der Waals surface area (Å²) >= 11 is 1.09. The molecule has 1 aromatic carbocycles. The van der Waals surface area contributed by atoms with Gasteiger partial charge in [0, 0.05) is 6.54 Å². The number of thiophene rings is 1. The van der Waals surface area contributed by atoms with E-state index in [-0.39, 0.29) is 13.2 Å². The summed E-state index contributed by atoms with van der Waals surface area (Å²) in [6.45, 7) is 1.60. The van der Waals surface area contributed by atoms with E-state index >= 15 is 0 Å². The van der Waals surface area contributed by atoms with Crippen molar-refractivity contribution < 1.29 is 14.6 Å². The lowest BCUT2D eigenvalue weighted by atomic mass is 10.1. The lowest BCUT2D eigenvalue weighted by molar-refractivity contribution is 0.0605. The minimum atomic E-state index is -0.538. The van der Waals surface area contributed by atoms with Crippen molar-refractivity contribution in [2.75, 3.05) is 13.7 Å². The van der Waals surface area contributed by atoms with Crippen molar-refractivity contribution in [3.8, 4) is 0 Å². The number of benzene rings is 1. The van der Waals surface area contributed by atoms with Gasteiger partial charge in [0.25, 0.3) is 5.56 Å². The van der Waals surface area contributed by atoms with E-state index in [0.29, 0.717) is 33.6 Å². The number of nitrogens with zero attached hydrogens (tertiary/aromatic N) is 2. The molecular weight excluding hydrogens is 368 g/mol. The summed E-state index contributed by atoms with van der Waals surface area (Å²) < 4.78 is 7.32. The third kappa shape index (κ3) is 3.45. The van der Waals surface area contributed by atoms with E-state index in [1.807, 2.05) is 30.3 Å². The molecule has 0 saturated carbocycles. The number of esters is 1. The largest absolute Gasteiger partial charge is 0.465 e. The number of ether oxygens (including phenoxy) is 1.